The Hall–Kier alpha value is -3.12. The van der Waals surface area contributed by atoms with Crippen molar-refractivity contribution >= 4 is 16.6 Å². The Morgan fingerprint density at radius 1 is 1.24 bits per heavy atom. The van der Waals surface area contributed by atoms with E-state index in [9.17, 15) is 4.79 Å². The molecule has 0 aliphatic heterocycles. The molecule has 2 aromatic carbocycles. The number of pyridine rings is 1. The third-order valence-corrected chi connectivity index (χ3v) is 4.50. The van der Waals surface area contributed by atoms with Crippen LogP contribution in [0.2, 0.25) is 0 Å². The number of H-pyrrole nitrogens is 1. The molecule has 3 N–H and O–H groups in total. The number of methoxy groups -OCH3 is 1. The Morgan fingerprint density at radius 2 is 2.08 bits per heavy atom. The quantitative estimate of drug-likeness (QED) is 0.603. The number of fused-ring (bicyclic) bond motifs is 3. The average Bonchev–Trinajstić information content (AvgIpc) is 3.01. The molecule has 0 aliphatic carbocycles. The van der Waals surface area contributed by atoms with E-state index in [2.05, 4.69) is 10.2 Å². The molecule has 126 valence electrons. The van der Waals surface area contributed by atoms with E-state index in [1.807, 2.05) is 49.4 Å². The molecular formula is C19H18N4O2. The molecular weight excluding hydrogens is 316 g/mol. The van der Waals surface area contributed by atoms with E-state index >= 15 is 0 Å². The lowest BCUT2D eigenvalue weighted by Crippen LogP contribution is -2.10. The zero-order valence-electron chi connectivity index (χ0n) is 14.0. The number of nitrogens with zero attached hydrogens (tertiary/aromatic N) is 2. The van der Waals surface area contributed by atoms with Crippen molar-refractivity contribution in [1.29, 1.82) is 0 Å². The fourth-order valence-electron chi connectivity index (χ4n) is 3.24. The third kappa shape index (κ3) is 2.38. The van der Waals surface area contributed by atoms with Crippen molar-refractivity contribution in [3.05, 3.63) is 64.1 Å². The second-order valence-electron chi connectivity index (χ2n) is 6.02. The maximum Gasteiger partial charge on any atom is 0.348 e. The minimum absolute atomic E-state index is 0.258. The van der Waals surface area contributed by atoms with Crippen LogP contribution < -0.4 is 16.2 Å². The Bertz CT molecular complexity index is 1160. The fourth-order valence-corrected chi connectivity index (χ4v) is 3.24. The summed E-state index contributed by atoms with van der Waals surface area (Å²) in [6.45, 7) is 2.46. The molecule has 0 aliphatic rings. The van der Waals surface area contributed by atoms with Crippen LogP contribution in [0.25, 0.3) is 27.7 Å². The Morgan fingerprint density at radius 3 is 2.84 bits per heavy atom. The van der Waals surface area contributed by atoms with Gasteiger partial charge in [0.2, 0.25) is 0 Å². The molecule has 4 rings (SSSR count). The van der Waals surface area contributed by atoms with E-state index in [1.165, 1.54) is 0 Å². The van der Waals surface area contributed by atoms with Crippen LogP contribution in [0.3, 0.4) is 0 Å². The van der Waals surface area contributed by atoms with E-state index in [0.717, 1.165) is 38.9 Å². The lowest BCUT2D eigenvalue weighted by molar-refractivity contribution is 0.417. The molecule has 0 saturated heterocycles. The maximum atomic E-state index is 12.2. The normalized spacial score (nSPS) is 11.3. The molecule has 0 spiro atoms. The van der Waals surface area contributed by atoms with Crippen molar-refractivity contribution in [2.45, 2.75) is 13.5 Å². The van der Waals surface area contributed by atoms with Crippen molar-refractivity contribution in [3.63, 3.8) is 0 Å². The predicted octanol–water partition coefficient (Wildman–Crippen LogP) is 2.62. The molecule has 6 nitrogen and oxygen atoms in total. The molecule has 0 amide bonds. The standard InChI is InChI=1S/C19H18N4O2/c1-11-6-18-21-22-19(24)23(18)16-8-15(17(25-2)9-14(11)16)13-5-3-4-12(7-13)10-20/h3-9H,10,20H2,1-2H3,(H,22,24). The molecule has 25 heavy (non-hydrogen) atoms. The van der Waals surface area contributed by atoms with Gasteiger partial charge in [-0.05, 0) is 47.9 Å². The number of nitrogens with two attached hydrogens (primary N) is 1. The summed E-state index contributed by atoms with van der Waals surface area (Å²) in [5, 5.41) is 7.54. The van der Waals surface area contributed by atoms with Crippen LogP contribution in [-0.2, 0) is 6.54 Å². The highest BCUT2D eigenvalue weighted by Crippen LogP contribution is 2.35. The van der Waals surface area contributed by atoms with Gasteiger partial charge >= 0.3 is 5.69 Å². The second-order valence-corrected chi connectivity index (χ2v) is 6.02. The van der Waals surface area contributed by atoms with Crippen molar-refractivity contribution in [1.82, 2.24) is 14.6 Å². The van der Waals surface area contributed by atoms with E-state index in [0.29, 0.717) is 12.2 Å². The summed E-state index contributed by atoms with van der Waals surface area (Å²) in [6.07, 6.45) is 0. The molecule has 0 fully saturated rings. The predicted molar refractivity (Wildman–Crippen MR) is 97.9 cm³/mol. The van der Waals surface area contributed by atoms with Crippen LogP contribution in [-0.4, -0.2) is 21.7 Å². The van der Waals surface area contributed by atoms with Gasteiger partial charge in [-0.25, -0.2) is 14.3 Å². The molecule has 0 atom stereocenters. The van der Waals surface area contributed by atoms with Gasteiger partial charge in [0.15, 0.2) is 5.65 Å². The van der Waals surface area contributed by atoms with Crippen LogP contribution in [0.15, 0.2) is 47.3 Å². The highest BCUT2D eigenvalue weighted by Gasteiger charge is 2.14. The molecule has 0 radical (unpaired) electrons. The topological polar surface area (TPSA) is 85.4 Å². The van der Waals surface area contributed by atoms with Gasteiger partial charge in [-0.1, -0.05) is 18.2 Å². The second kappa shape index (κ2) is 5.75. The number of aromatic amines is 1. The largest absolute Gasteiger partial charge is 0.496 e. The first-order valence-corrected chi connectivity index (χ1v) is 8.00. The van der Waals surface area contributed by atoms with Gasteiger partial charge in [0, 0.05) is 17.5 Å². The fraction of sp³-hybridized carbons (Fsp3) is 0.158. The van der Waals surface area contributed by atoms with E-state index in [4.69, 9.17) is 10.5 Å². The van der Waals surface area contributed by atoms with Gasteiger partial charge in [0.25, 0.3) is 0 Å². The van der Waals surface area contributed by atoms with Crippen LogP contribution in [0.5, 0.6) is 5.75 Å². The lowest BCUT2D eigenvalue weighted by Gasteiger charge is -2.13. The number of rotatable bonds is 3. The number of nitrogens with one attached hydrogen (secondary N) is 1. The van der Waals surface area contributed by atoms with Gasteiger partial charge in [0.05, 0.1) is 12.6 Å². The number of ether oxygens (including phenoxy) is 1. The molecule has 0 unspecified atom stereocenters. The summed E-state index contributed by atoms with van der Waals surface area (Å²) in [6, 6.07) is 13.8. The summed E-state index contributed by atoms with van der Waals surface area (Å²) in [7, 11) is 1.65. The highest BCUT2D eigenvalue weighted by atomic mass is 16.5. The van der Waals surface area contributed by atoms with E-state index in [-0.39, 0.29) is 5.69 Å². The molecule has 6 heteroatoms. The summed E-state index contributed by atoms with van der Waals surface area (Å²) in [5.74, 6) is 0.751. The SMILES string of the molecule is COc1cc2c(C)cc3n[nH]c(=O)n3c2cc1-c1cccc(CN)c1. The van der Waals surface area contributed by atoms with Crippen LogP contribution >= 0.6 is 0 Å². The van der Waals surface area contributed by atoms with E-state index in [1.54, 1.807) is 11.5 Å². The van der Waals surface area contributed by atoms with Gasteiger partial charge in [-0.2, -0.15) is 5.10 Å². The maximum absolute atomic E-state index is 12.2. The summed E-state index contributed by atoms with van der Waals surface area (Å²) in [5.41, 5.74) is 10.9. The van der Waals surface area contributed by atoms with Gasteiger partial charge < -0.3 is 10.5 Å². The zero-order chi connectivity index (χ0) is 17.6. The van der Waals surface area contributed by atoms with Crippen molar-refractivity contribution in [2.75, 3.05) is 7.11 Å². The number of aromatic nitrogens is 3. The van der Waals surface area contributed by atoms with E-state index < -0.39 is 0 Å². The van der Waals surface area contributed by atoms with Crippen molar-refractivity contribution < 1.29 is 4.74 Å². The first kappa shape index (κ1) is 15.4. The molecule has 2 aromatic heterocycles. The summed E-state index contributed by atoms with van der Waals surface area (Å²) in [4.78, 5) is 12.2. The van der Waals surface area contributed by atoms with Crippen LogP contribution in [0.4, 0.5) is 0 Å². The molecule has 0 saturated carbocycles. The first-order chi connectivity index (χ1) is 12.1. The van der Waals surface area contributed by atoms with Gasteiger partial charge in [-0.15, -0.1) is 0 Å². The Balaban J connectivity index is 2.11. The zero-order valence-corrected chi connectivity index (χ0v) is 14.0. The number of hydrogen-bond donors (Lipinski definition) is 2. The van der Waals surface area contributed by atoms with Crippen molar-refractivity contribution in [3.8, 4) is 16.9 Å². The Labute approximate surface area is 143 Å². The number of hydrogen-bond acceptors (Lipinski definition) is 4. The minimum Gasteiger partial charge on any atom is -0.496 e. The van der Waals surface area contributed by atoms with Gasteiger partial charge in [-0.3, -0.25) is 0 Å². The smallest absolute Gasteiger partial charge is 0.348 e. The van der Waals surface area contributed by atoms with Crippen LogP contribution in [0.1, 0.15) is 11.1 Å². The molecule has 2 heterocycles. The highest BCUT2D eigenvalue weighted by molar-refractivity contribution is 5.92. The van der Waals surface area contributed by atoms with Gasteiger partial charge in [0.1, 0.15) is 5.75 Å². The average molecular weight is 334 g/mol. The van der Waals surface area contributed by atoms with Crippen LogP contribution in [0, 0.1) is 6.92 Å². The number of benzene rings is 2. The van der Waals surface area contributed by atoms with Crippen molar-refractivity contribution in [2.24, 2.45) is 5.73 Å². The third-order valence-electron chi connectivity index (χ3n) is 4.50. The summed E-state index contributed by atoms with van der Waals surface area (Å²) < 4.78 is 7.20. The Kier molecular flexibility index (Phi) is 3.54. The summed E-state index contributed by atoms with van der Waals surface area (Å²) >= 11 is 0. The first-order valence-electron chi connectivity index (χ1n) is 8.00. The monoisotopic (exact) mass is 334 g/mol. The number of aryl methyl sites for hydroxylation is 1. The molecule has 4 aromatic rings. The lowest BCUT2D eigenvalue weighted by atomic mass is 9.99. The minimum atomic E-state index is -0.258. The molecule has 0 bridgehead atoms.